The van der Waals surface area contributed by atoms with Crippen molar-refractivity contribution in [3.05, 3.63) is 83.7 Å². The Balaban J connectivity index is 1.87. The first-order chi connectivity index (χ1) is 13.6. The summed E-state index contributed by atoms with van der Waals surface area (Å²) in [6.07, 6.45) is -0.687. The maximum atomic E-state index is 13.4. The third-order valence-corrected chi connectivity index (χ3v) is 4.66. The van der Waals surface area contributed by atoms with Crippen molar-refractivity contribution in [3.63, 3.8) is 0 Å². The molecule has 0 fully saturated rings. The molecular weight excluding hydrogens is 359 g/mol. The average Bonchev–Trinajstić information content (AvgIpc) is 2.71. The Labute approximate surface area is 162 Å². The Morgan fingerprint density at radius 3 is 2.57 bits per heavy atom. The number of rotatable bonds is 4. The number of amides is 1. The smallest absolute Gasteiger partial charge is 0.262 e. The summed E-state index contributed by atoms with van der Waals surface area (Å²) in [5, 5.41) is 14.1. The first-order valence-electron chi connectivity index (χ1n) is 8.99. The average molecular weight is 378 g/mol. The summed E-state index contributed by atoms with van der Waals surface area (Å²) in [7, 11) is 0. The Hall–Kier alpha value is -3.54. The van der Waals surface area contributed by atoms with Crippen molar-refractivity contribution in [1.29, 1.82) is 0 Å². The van der Waals surface area contributed by atoms with Crippen LogP contribution in [-0.4, -0.2) is 17.6 Å². The summed E-state index contributed by atoms with van der Waals surface area (Å²) in [6.45, 7) is 2.23. The fourth-order valence-electron chi connectivity index (χ4n) is 3.37. The lowest BCUT2D eigenvalue weighted by Crippen LogP contribution is -2.43. The molecule has 1 heterocycles. The number of para-hydroxylation sites is 2. The Morgan fingerprint density at radius 1 is 1.07 bits per heavy atom. The van der Waals surface area contributed by atoms with Crippen molar-refractivity contribution in [2.75, 3.05) is 16.8 Å². The van der Waals surface area contributed by atoms with E-state index in [2.05, 4.69) is 5.32 Å². The third kappa shape index (κ3) is 3.03. The van der Waals surface area contributed by atoms with E-state index in [4.69, 9.17) is 4.74 Å². The molecule has 5 nitrogen and oxygen atoms in total. The van der Waals surface area contributed by atoms with E-state index in [0.717, 1.165) is 0 Å². The van der Waals surface area contributed by atoms with Gasteiger partial charge in [0.2, 0.25) is 0 Å². The number of carbonyl (C=O) groups is 1. The third-order valence-electron chi connectivity index (χ3n) is 4.66. The number of hydrogen-bond donors (Lipinski definition) is 2. The number of phenols is 1. The van der Waals surface area contributed by atoms with Crippen molar-refractivity contribution >= 4 is 17.3 Å². The lowest BCUT2D eigenvalue weighted by Gasteiger charge is -2.38. The molecule has 142 valence electrons. The van der Waals surface area contributed by atoms with Crippen molar-refractivity contribution < 1.29 is 19.0 Å². The second kappa shape index (κ2) is 7.23. The predicted molar refractivity (Wildman–Crippen MR) is 105 cm³/mol. The van der Waals surface area contributed by atoms with Gasteiger partial charge in [-0.25, -0.2) is 4.39 Å². The van der Waals surface area contributed by atoms with Gasteiger partial charge in [0.15, 0.2) is 11.5 Å². The molecule has 4 rings (SSSR count). The van der Waals surface area contributed by atoms with E-state index in [1.54, 1.807) is 42.5 Å². The number of fused-ring (bicyclic) bond motifs is 1. The number of aromatic hydroxyl groups is 1. The van der Waals surface area contributed by atoms with E-state index < -0.39 is 6.17 Å². The van der Waals surface area contributed by atoms with E-state index in [1.165, 1.54) is 17.0 Å². The highest BCUT2D eigenvalue weighted by Crippen LogP contribution is 2.42. The number of phenolic OH excluding ortho intramolecular Hbond substituents is 1. The maximum Gasteiger partial charge on any atom is 0.262 e. The molecule has 3 aromatic carbocycles. The van der Waals surface area contributed by atoms with Crippen LogP contribution in [0.15, 0.2) is 66.7 Å². The lowest BCUT2D eigenvalue weighted by atomic mass is 10.0. The highest BCUT2D eigenvalue weighted by molar-refractivity contribution is 6.12. The van der Waals surface area contributed by atoms with Gasteiger partial charge in [0.1, 0.15) is 12.0 Å². The molecule has 1 aliphatic heterocycles. The van der Waals surface area contributed by atoms with Gasteiger partial charge in [0, 0.05) is 16.9 Å². The zero-order valence-electron chi connectivity index (χ0n) is 15.2. The van der Waals surface area contributed by atoms with E-state index in [0.29, 0.717) is 34.9 Å². The highest BCUT2D eigenvalue weighted by atomic mass is 19.1. The lowest BCUT2D eigenvalue weighted by molar-refractivity contribution is 0.0974. The van der Waals surface area contributed by atoms with Crippen LogP contribution in [0.3, 0.4) is 0 Å². The number of benzene rings is 3. The van der Waals surface area contributed by atoms with Gasteiger partial charge < -0.3 is 15.2 Å². The van der Waals surface area contributed by atoms with Crippen LogP contribution in [0, 0.1) is 5.82 Å². The zero-order chi connectivity index (χ0) is 19.7. The van der Waals surface area contributed by atoms with Gasteiger partial charge in [-0.3, -0.25) is 9.69 Å². The Kier molecular flexibility index (Phi) is 4.61. The standard InChI is InChI=1S/C22H19FN2O3/c1-2-28-19-9-5-7-17(20(19)26)21-24-18-8-4-3-6-16(18)22(27)25(21)15-12-10-14(23)11-13-15/h3-13,21,24,26H,2H2,1H3/t21-/m0/s1. The summed E-state index contributed by atoms with van der Waals surface area (Å²) in [6, 6.07) is 18.0. The van der Waals surface area contributed by atoms with Gasteiger partial charge in [-0.15, -0.1) is 0 Å². The van der Waals surface area contributed by atoms with Crippen LogP contribution in [0.1, 0.15) is 29.0 Å². The van der Waals surface area contributed by atoms with Crippen molar-refractivity contribution in [1.82, 2.24) is 0 Å². The molecule has 3 aromatic rings. The second-order valence-electron chi connectivity index (χ2n) is 6.37. The summed E-state index contributed by atoms with van der Waals surface area (Å²) in [5.41, 5.74) is 2.17. The molecule has 1 aliphatic rings. The minimum absolute atomic E-state index is 0.0406. The van der Waals surface area contributed by atoms with Gasteiger partial charge in [-0.1, -0.05) is 24.3 Å². The van der Waals surface area contributed by atoms with E-state index in [-0.39, 0.29) is 17.5 Å². The minimum Gasteiger partial charge on any atom is -0.504 e. The van der Waals surface area contributed by atoms with Crippen LogP contribution in [0.25, 0.3) is 0 Å². The molecular formula is C22H19FN2O3. The van der Waals surface area contributed by atoms with Gasteiger partial charge >= 0.3 is 0 Å². The van der Waals surface area contributed by atoms with Crippen molar-refractivity contribution in [3.8, 4) is 11.5 Å². The molecule has 0 aliphatic carbocycles. The van der Waals surface area contributed by atoms with Crippen LogP contribution >= 0.6 is 0 Å². The summed E-state index contributed by atoms with van der Waals surface area (Å²) in [5.74, 6) is -0.334. The second-order valence-corrected chi connectivity index (χ2v) is 6.37. The van der Waals surface area contributed by atoms with Gasteiger partial charge in [-0.2, -0.15) is 0 Å². The molecule has 28 heavy (non-hydrogen) atoms. The largest absolute Gasteiger partial charge is 0.504 e. The molecule has 0 saturated carbocycles. The van der Waals surface area contributed by atoms with Crippen molar-refractivity contribution in [2.45, 2.75) is 13.1 Å². The molecule has 0 saturated heterocycles. The van der Waals surface area contributed by atoms with E-state index in [1.807, 2.05) is 19.1 Å². The van der Waals surface area contributed by atoms with Crippen LogP contribution in [0.5, 0.6) is 11.5 Å². The van der Waals surface area contributed by atoms with Gasteiger partial charge in [-0.05, 0) is 49.4 Å². The summed E-state index contributed by atoms with van der Waals surface area (Å²) >= 11 is 0. The van der Waals surface area contributed by atoms with E-state index >= 15 is 0 Å². The SMILES string of the molecule is CCOc1cccc([C@H]2Nc3ccccc3C(=O)N2c2ccc(F)cc2)c1O. The number of anilines is 2. The van der Waals surface area contributed by atoms with Crippen LogP contribution in [0.2, 0.25) is 0 Å². The summed E-state index contributed by atoms with van der Waals surface area (Å²) in [4.78, 5) is 14.8. The molecule has 0 unspecified atom stereocenters. The van der Waals surface area contributed by atoms with Crippen LogP contribution < -0.4 is 15.0 Å². The topological polar surface area (TPSA) is 61.8 Å². The molecule has 6 heteroatoms. The highest BCUT2D eigenvalue weighted by Gasteiger charge is 2.35. The molecule has 0 spiro atoms. The molecule has 0 bridgehead atoms. The molecule has 0 aromatic heterocycles. The monoisotopic (exact) mass is 378 g/mol. The molecule has 1 amide bonds. The number of nitrogens with zero attached hydrogens (tertiary/aromatic N) is 1. The Morgan fingerprint density at radius 2 is 1.82 bits per heavy atom. The van der Waals surface area contributed by atoms with Gasteiger partial charge in [0.05, 0.1) is 12.2 Å². The normalized spacial score (nSPS) is 15.7. The number of nitrogens with one attached hydrogen (secondary N) is 1. The minimum atomic E-state index is -0.687. The Bertz CT molecular complexity index is 1020. The molecule has 0 radical (unpaired) electrons. The zero-order valence-corrected chi connectivity index (χ0v) is 15.2. The fourth-order valence-corrected chi connectivity index (χ4v) is 3.37. The first-order valence-corrected chi connectivity index (χ1v) is 8.99. The number of hydrogen-bond acceptors (Lipinski definition) is 4. The fraction of sp³-hybridized carbons (Fsp3) is 0.136. The predicted octanol–water partition coefficient (Wildman–Crippen LogP) is 4.70. The first kappa shape index (κ1) is 17.9. The number of carbonyl (C=O) groups excluding carboxylic acids is 1. The quantitative estimate of drug-likeness (QED) is 0.691. The molecule has 2 N–H and O–H groups in total. The van der Waals surface area contributed by atoms with E-state index in [9.17, 15) is 14.3 Å². The van der Waals surface area contributed by atoms with Crippen LogP contribution in [-0.2, 0) is 0 Å². The summed E-state index contributed by atoms with van der Waals surface area (Å²) < 4.78 is 18.9. The van der Waals surface area contributed by atoms with Gasteiger partial charge in [0.25, 0.3) is 5.91 Å². The number of ether oxygens (including phenoxy) is 1. The molecule has 1 atom stereocenters. The number of halogens is 1. The maximum absolute atomic E-state index is 13.4. The van der Waals surface area contributed by atoms with Crippen molar-refractivity contribution in [2.24, 2.45) is 0 Å². The van der Waals surface area contributed by atoms with Crippen LogP contribution in [0.4, 0.5) is 15.8 Å².